The molecule has 0 bridgehead atoms. The molecule has 1 saturated heterocycles. The lowest BCUT2D eigenvalue weighted by molar-refractivity contribution is 0.0695. The zero-order valence-electron chi connectivity index (χ0n) is 11.7. The summed E-state index contributed by atoms with van der Waals surface area (Å²) in [4.78, 5) is 2.73. The highest BCUT2D eigenvalue weighted by Crippen LogP contribution is 2.24. The highest BCUT2D eigenvalue weighted by atomic mass is 15.2. The second-order valence-electron chi connectivity index (χ2n) is 5.25. The molecule has 2 heteroatoms. The molecule has 0 spiro atoms. The summed E-state index contributed by atoms with van der Waals surface area (Å²) in [5.41, 5.74) is 0.388. The molecule has 0 aromatic rings. The van der Waals surface area contributed by atoms with Crippen LogP contribution in [0, 0.1) is 0 Å². The molecule has 1 rings (SSSR count). The van der Waals surface area contributed by atoms with Crippen molar-refractivity contribution >= 4 is 0 Å². The normalized spacial score (nSPS) is 25.9. The summed E-state index contributed by atoms with van der Waals surface area (Å²) in [5, 5.41) is 3.80. The molecule has 1 fully saturated rings. The fourth-order valence-electron chi connectivity index (χ4n) is 2.79. The van der Waals surface area contributed by atoms with E-state index in [1.54, 1.807) is 0 Å². The molecule has 1 aliphatic rings. The number of piperazine rings is 1. The third-order valence-corrected chi connectivity index (χ3v) is 4.36. The van der Waals surface area contributed by atoms with E-state index >= 15 is 0 Å². The van der Waals surface area contributed by atoms with Crippen molar-refractivity contribution in [2.75, 3.05) is 19.6 Å². The molecule has 96 valence electrons. The van der Waals surface area contributed by atoms with Gasteiger partial charge < -0.3 is 5.32 Å². The van der Waals surface area contributed by atoms with Crippen molar-refractivity contribution in [3.05, 3.63) is 0 Å². The molecule has 16 heavy (non-hydrogen) atoms. The van der Waals surface area contributed by atoms with Gasteiger partial charge in [-0.05, 0) is 32.2 Å². The average molecular weight is 226 g/mol. The van der Waals surface area contributed by atoms with Gasteiger partial charge in [0, 0.05) is 24.7 Å². The first-order chi connectivity index (χ1) is 7.71. The molecule has 1 aliphatic heterocycles. The van der Waals surface area contributed by atoms with Gasteiger partial charge in [-0.25, -0.2) is 0 Å². The molecule has 1 atom stereocenters. The Morgan fingerprint density at radius 1 is 1.19 bits per heavy atom. The molecular weight excluding hydrogens is 196 g/mol. The lowest BCUT2D eigenvalue weighted by Crippen LogP contribution is -2.63. The van der Waals surface area contributed by atoms with Crippen LogP contribution < -0.4 is 5.32 Å². The van der Waals surface area contributed by atoms with E-state index in [0.29, 0.717) is 5.54 Å². The van der Waals surface area contributed by atoms with Crippen LogP contribution in [0.2, 0.25) is 0 Å². The van der Waals surface area contributed by atoms with Gasteiger partial charge in [-0.2, -0.15) is 0 Å². The maximum atomic E-state index is 3.80. The van der Waals surface area contributed by atoms with Crippen molar-refractivity contribution in [2.45, 2.75) is 71.4 Å². The highest BCUT2D eigenvalue weighted by molar-refractivity contribution is 4.96. The van der Waals surface area contributed by atoms with Crippen molar-refractivity contribution in [1.82, 2.24) is 10.2 Å². The van der Waals surface area contributed by atoms with Gasteiger partial charge in [0.25, 0.3) is 0 Å². The first-order valence-electron chi connectivity index (χ1n) is 7.20. The fraction of sp³-hybridized carbons (Fsp3) is 1.00. The first-order valence-corrected chi connectivity index (χ1v) is 7.20. The Balaban J connectivity index is 2.60. The Bertz CT molecular complexity index is 187. The number of rotatable bonds is 6. The molecule has 0 amide bonds. The SMILES string of the molecule is CCCCN1CC(CC)(CC)NCC1CC. The summed E-state index contributed by atoms with van der Waals surface area (Å²) < 4.78 is 0. The van der Waals surface area contributed by atoms with Crippen molar-refractivity contribution in [1.29, 1.82) is 0 Å². The number of unbranched alkanes of at least 4 members (excludes halogenated alkanes) is 1. The Morgan fingerprint density at radius 2 is 1.88 bits per heavy atom. The van der Waals surface area contributed by atoms with Gasteiger partial charge >= 0.3 is 0 Å². The molecule has 0 aromatic heterocycles. The summed E-state index contributed by atoms with van der Waals surface area (Å²) in [7, 11) is 0. The van der Waals surface area contributed by atoms with E-state index in [4.69, 9.17) is 0 Å². The van der Waals surface area contributed by atoms with Gasteiger partial charge in [-0.15, -0.1) is 0 Å². The minimum Gasteiger partial charge on any atom is -0.308 e. The zero-order valence-corrected chi connectivity index (χ0v) is 11.7. The monoisotopic (exact) mass is 226 g/mol. The van der Waals surface area contributed by atoms with Gasteiger partial charge in [0.2, 0.25) is 0 Å². The van der Waals surface area contributed by atoms with Crippen molar-refractivity contribution in [2.24, 2.45) is 0 Å². The molecule has 1 heterocycles. The van der Waals surface area contributed by atoms with Crippen LogP contribution in [-0.4, -0.2) is 36.1 Å². The Labute approximate surface area is 102 Å². The topological polar surface area (TPSA) is 15.3 Å². The largest absolute Gasteiger partial charge is 0.308 e. The molecule has 1 unspecified atom stereocenters. The van der Waals surface area contributed by atoms with Gasteiger partial charge in [0.1, 0.15) is 0 Å². The summed E-state index contributed by atoms with van der Waals surface area (Å²) in [6.07, 6.45) is 6.44. The maximum Gasteiger partial charge on any atom is 0.0304 e. The Kier molecular flexibility index (Phi) is 5.77. The van der Waals surface area contributed by atoms with E-state index < -0.39 is 0 Å². The van der Waals surface area contributed by atoms with E-state index in [1.807, 2.05) is 0 Å². The summed E-state index contributed by atoms with van der Waals surface area (Å²) in [5.74, 6) is 0. The van der Waals surface area contributed by atoms with Crippen molar-refractivity contribution < 1.29 is 0 Å². The zero-order chi connectivity index (χ0) is 12.0. The predicted octanol–water partition coefficient (Wildman–Crippen LogP) is 3.03. The average Bonchev–Trinajstić information content (AvgIpc) is 2.35. The predicted molar refractivity (Wildman–Crippen MR) is 71.9 cm³/mol. The van der Waals surface area contributed by atoms with E-state index in [1.165, 1.54) is 51.7 Å². The number of nitrogens with one attached hydrogen (secondary N) is 1. The standard InChI is InChI=1S/C14H30N2/c1-5-9-10-16-12-14(7-3,8-4)15-11-13(16)6-2/h13,15H,5-12H2,1-4H3. The lowest BCUT2D eigenvalue weighted by atomic mass is 9.88. The third kappa shape index (κ3) is 3.21. The highest BCUT2D eigenvalue weighted by Gasteiger charge is 2.35. The van der Waals surface area contributed by atoms with Crippen LogP contribution in [0.5, 0.6) is 0 Å². The Hall–Kier alpha value is -0.0800. The van der Waals surface area contributed by atoms with Crippen LogP contribution in [0.25, 0.3) is 0 Å². The summed E-state index contributed by atoms with van der Waals surface area (Å²) >= 11 is 0. The number of hydrogen-bond acceptors (Lipinski definition) is 2. The summed E-state index contributed by atoms with van der Waals surface area (Å²) in [6.45, 7) is 13.0. The van der Waals surface area contributed by atoms with Crippen molar-refractivity contribution in [3.63, 3.8) is 0 Å². The molecule has 0 aliphatic carbocycles. The quantitative estimate of drug-likeness (QED) is 0.749. The van der Waals surface area contributed by atoms with Crippen LogP contribution in [-0.2, 0) is 0 Å². The van der Waals surface area contributed by atoms with Gasteiger partial charge in [0.15, 0.2) is 0 Å². The third-order valence-electron chi connectivity index (χ3n) is 4.36. The van der Waals surface area contributed by atoms with Gasteiger partial charge in [-0.1, -0.05) is 34.1 Å². The Morgan fingerprint density at radius 3 is 2.38 bits per heavy atom. The van der Waals surface area contributed by atoms with Crippen LogP contribution in [0.3, 0.4) is 0 Å². The van der Waals surface area contributed by atoms with E-state index in [-0.39, 0.29) is 0 Å². The maximum absolute atomic E-state index is 3.80. The minimum atomic E-state index is 0.388. The van der Waals surface area contributed by atoms with Crippen molar-refractivity contribution in [3.8, 4) is 0 Å². The molecule has 0 saturated carbocycles. The van der Waals surface area contributed by atoms with Gasteiger partial charge in [-0.3, -0.25) is 4.90 Å². The van der Waals surface area contributed by atoms with Crippen LogP contribution in [0.15, 0.2) is 0 Å². The summed E-state index contributed by atoms with van der Waals surface area (Å²) in [6, 6.07) is 0.762. The first kappa shape index (κ1) is 14.0. The smallest absolute Gasteiger partial charge is 0.0304 e. The van der Waals surface area contributed by atoms with Gasteiger partial charge in [0.05, 0.1) is 0 Å². The van der Waals surface area contributed by atoms with Crippen LogP contribution >= 0.6 is 0 Å². The van der Waals surface area contributed by atoms with E-state index in [0.717, 1.165) is 6.04 Å². The second-order valence-corrected chi connectivity index (χ2v) is 5.25. The molecule has 2 nitrogen and oxygen atoms in total. The number of hydrogen-bond donors (Lipinski definition) is 1. The number of nitrogens with zero attached hydrogens (tertiary/aromatic N) is 1. The van der Waals surface area contributed by atoms with Crippen LogP contribution in [0.4, 0.5) is 0 Å². The second kappa shape index (κ2) is 6.61. The van der Waals surface area contributed by atoms with E-state index in [9.17, 15) is 0 Å². The molecule has 1 N–H and O–H groups in total. The van der Waals surface area contributed by atoms with Crippen LogP contribution in [0.1, 0.15) is 59.8 Å². The minimum absolute atomic E-state index is 0.388. The molecular formula is C14H30N2. The molecule has 0 radical (unpaired) electrons. The fourth-order valence-corrected chi connectivity index (χ4v) is 2.79. The molecule has 0 aromatic carbocycles. The van der Waals surface area contributed by atoms with E-state index in [2.05, 4.69) is 37.9 Å². The lowest BCUT2D eigenvalue weighted by Gasteiger charge is -2.47.